The molecule has 0 saturated carbocycles. The van der Waals surface area contributed by atoms with Crippen molar-refractivity contribution >= 4 is 5.91 Å². The molecule has 0 radical (unpaired) electrons. The van der Waals surface area contributed by atoms with E-state index in [4.69, 9.17) is 16.2 Å². The third kappa shape index (κ3) is 3.24. The van der Waals surface area contributed by atoms with Crippen LogP contribution in [-0.2, 0) is 6.54 Å². The number of benzene rings is 1. The molecular weight excluding hydrogens is 204 g/mol. The van der Waals surface area contributed by atoms with E-state index in [1.165, 1.54) is 0 Å². The summed E-state index contributed by atoms with van der Waals surface area (Å²) >= 11 is 0. The second-order valence-corrected chi connectivity index (χ2v) is 4.10. The summed E-state index contributed by atoms with van der Waals surface area (Å²) in [5.41, 5.74) is 12.0. The summed E-state index contributed by atoms with van der Waals surface area (Å²) in [5.74, 6) is 0.716. The van der Waals surface area contributed by atoms with Gasteiger partial charge in [-0.3, -0.25) is 4.79 Å². The molecule has 4 heteroatoms. The molecule has 0 fully saturated rings. The lowest BCUT2D eigenvalue weighted by atomic mass is 10.1. The standard InChI is InChI=1S/C12H18N2O2/c1-8(2)7-16-11-4-3-9(12(14)15)5-10(11)6-13/h3-5,8H,6-7,13H2,1-2H3,(H2,14,15). The highest BCUT2D eigenvalue weighted by Gasteiger charge is 2.07. The molecule has 0 bridgehead atoms. The molecule has 0 aliphatic rings. The van der Waals surface area contributed by atoms with Gasteiger partial charge in [0.15, 0.2) is 0 Å². The molecule has 4 nitrogen and oxygen atoms in total. The monoisotopic (exact) mass is 222 g/mol. The molecule has 0 unspecified atom stereocenters. The summed E-state index contributed by atoms with van der Waals surface area (Å²) in [4.78, 5) is 11.0. The van der Waals surface area contributed by atoms with Crippen LogP contribution in [0.5, 0.6) is 5.75 Å². The lowest BCUT2D eigenvalue weighted by molar-refractivity contribution is 0.1000. The van der Waals surface area contributed by atoms with E-state index in [1.54, 1.807) is 18.2 Å². The summed E-state index contributed by atoms with van der Waals surface area (Å²) in [6, 6.07) is 5.07. The Hall–Kier alpha value is -1.55. The molecule has 88 valence electrons. The molecule has 0 saturated heterocycles. The first-order valence-corrected chi connectivity index (χ1v) is 5.30. The van der Waals surface area contributed by atoms with Crippen LogP contribution in [0.4, 0.5) is 0 Å². The molecule has 1 aromatic rings. The summed E-state index contributed by atoms with van der Waals surface area (Å²) in [6.45, 7) is 5.09. The van der Waals surface area contributed by atoms with Crippen LogP contribution >= 0.6 is 0 Å². The number of rotatable bonds is 5. The summed E-state index contributed by atoms with van der Waals surface area (Å²) in [7, 11) is 0. The third-order valence-corrected chi connectivity index (χ3v) is 2.14. The molecule has 0 aromatic heterocycles. The number of carbonyl (C=O) groups excluding carboxylic acids is 1. The molecule has 1 rings (SSSR count). The van der Waals surface area contributed by atoms with Crippen LogP contribution < -0.4 is 16.2 Å². The van der Waals surface area contributed by atoms with E-state index in [-0.39, 0.29) is 0 Å². The van der Waals surface area contributed by atoms with Crippen molar-refractivity contribution in [2.45, 2.75) is 20.4 Å². The topological polar surface area (TPSA) is 78.3 Å². The maximum Gasteiger partial charge on any atom is 0.248 e. The van der Waals surface area contributed by atoms with Crippen molar-refractivity contribution in [2.75, 3.05) is 6.61 Å². The van der Waals surface area contributed by atoms with Gasteiger partial charge in [-0.15, -0.1) is 0 Å². The fourth-order valence-corrected chi connectivity index (χ4v) is 1.29. The zero-order valence-corrected chi connectivity index (χ0v) is 9.69. The summed E-state index contributed by atoms with van der Waals surface area (Å²) < 4.78 is 5.59. The highest BCUT2D eigenvalue weighted by Crippen LogP contribution is 2.20. The number of nitrogens with two attached hydrogens (primary N) is 2. The fourth-order valence-electron chi connectivity index (χ4n) is 1.29. The van der Waals surface area contributed by atoms with Crippen molar-refractivity contribution in [1.82, 2.24) is 0 Å². The van der Waals surface area contributed by atoms with Crippen molar-refractivity contribution in [2.24, 2.45) is 17.4 Å². The van der Waals surface area contributed by atoms with Gasteiger partial charge in [0.1, 0.15) is 5.75 Å². The molecule has 16 heavy (non-hydrogen) atoms. The lowest BCUT2D eigenvalue weighted by Crippen LogP contribution is -2.13. The molecule has 1 amide bonds. The zero-order valence-electron chi connectivity index (χ0n) is 9.69. The van der Waals surface area contributed by atoms with Crippen LogP contribution in [0.2, 0.25) is 0 Å². The van der Waals surface area contributed by atoms with E-state index >= 15 is 0 Å². The number of primary amides is 1. The molecule has 0 aliphatic heterocycles. The maximum absolute atomic E-state index is 11.0. The molecule has 0 spiro atoms. The zero-order chi connectivity index (χ0) is 12.1. The van der Waals surface area contributed by atoms with Crippen LogP contribution in [0.15, 0.2) is 18.2 Å². The smallest absolute Gasteiger partial charge is 0.248 e. The minimum absolute atomic E-state index is 0.328. The van der Waals surface area contributed by atoms with Gasteiger partial charge in [-0.2, -0.15) is 0 Å². The molecule has 0 atom stereocenters. The highest BCUT2D eigenvalue weighted by atomic mass is 16.5. The quantitative estimate of drug-likeness (QED) is 0.787. The van der Waals surface area contributed by atoms with Crippen LogP contribution in [-0.4, -0.2) is 12.5 Å². The molecular formula is C12H18N2O2. The summed E-state index contributed by atoms with van der Waals surface area (Å²) in [6.07, 6.45) is 0. The number of hydrogen-bond acceptors (Lipinski definition) is 3. The van der Waals surface area contributed by atoms with E-state index in [2.05, 4.69) is 13.8 Å². The van der Waals surface area contributed by atoms with Crippen LogP contribution in [0.1, 0.15) is 29.8 Å². The maximum atomic E-state index is 11.0. The second-order valence-electron chi connectivity index (χ2n) is 4.10. The minimum atomic E-state index is -0.454. The number of ether oxygens (including phenoxy) is 1. The Morgan fingerprint density at radius 1 is 1.44 bits per heavy atom. The Balaban J connectivity index is 2.89. The van der Waals surface area contributed by atoms with E-state index in [1.807, 2.05) is 0 Å². The van der Waals surface area contributed by atoms with Gasteiger partial charge in [0.25, 0.3) is 0 Å². The Morgan fingerprint density at radius 3 is 2.62 bits per heavy atom. The fraction of sp³-hybridized carbons (Fsp3) is 0.417. The third-order valence-electron chi connectivity index (χ3n) is 2.14. The van der Waals surface area contributed by atoms with E-state index in [0.717, 1.165) is 11.3 Å². The SMILES string of the molecule is CC(C)COc1ccc(C(N)=O)cc1CN. The highest BCUT2D eigenvalue weighted by molar-refractivity contribution is 5.93. The van der Waals surface area contributed by atoms with Crippen LogP contribution in [0, 0.1) is 5.92 Å². The Bertz CT molecular complexity index is 375. The summed E-state index contributed by atoms with van der Waals surface area (Å²) in [5, 5.41) is 0. The molecule has 0 aliphatic carbocycles. The van der Waals surface area contributed by atoms with Gasteiger partial charge >= 0.3 is 0 Å². The van der Waals surface area contributed by atoms with Crippen molar-refractivity contribution < 1.29 is 9.53 Å². The minimum Gasteiger partial charge on any atom is -0.493 e. The first kappa shape index (κ1) is 12.5. The van der Waals surface area contributed by atoms with Crippen molar-refractivity contribution in [1.29, 1.82) is 0 Å². The Morgan fingerprint density at radius 2 is 2.12 bits per heavy atom. The van der Waals surface area contributed by atoms with E-state index in [0.29, 0.717) is 24.6 Å². The lowest BCUT2D eigenvalue weighted by Gasteiger charge is -2.12. The largest absolute Gasteiger partial charge is 0.493 e. The average molecular weight is 222 g/mol. The van der Waals surface area contributed by atoms with Gasteiger partial charge in [-0.1, -0.05) is 13.8 Å². The average Bonchev–Trinajstić information content (AvgIpc) is 2.25. The van der Waals surface area contributed by atoms with Gasteiger partial charge < -0.3 is 16.2 Å². The van der Waals surface area contributed by atoms with Gasteiger partial charge in [-0.05, 0) is 24.1 Å². The molecule has 1 aromatic carbocycles. The van der Waals surface area contributed by atoms with Crippen LogP contribution in [0.25, 0.3) is 0 Å². The first-order valence-electron chi connectivity index (χ1n) is 5.30. The van der Waals surface area contributed by atoms with Gasteiger partial charge in [-0.25, -0.2) is 0 Å². The van der Waals surface area contributed by atoms with Crippen molar-refractivity contribution in [3.8, 4) is 5.75 Å². The van der Waals surface area contributed by atoms with Gasteiger partial charge in [0, 0.05) is 17.7 Å². The molecule has 4 N–H and O–H groups in total. The van der Waals surface area contributed by atoms with Gasteiger partial charge in [0.2, 0.25) is 5.91 Å². The first-order chi connectivity index (χ1) is 7.54. The predicted octanol–water partition coefficient (Wildman–Crippen LogP) is 1.28. The Labute approximate surface area is 95.6 Å². The van der Waals surface area contributed by atoms with Crippen molar-refractivity contribution in [3.05, 3.63) is 29.3 Å². The van der Waals surface area contributed by atoms with Crippen molar-refractivity contribution in [3.63, 3.8) is 0 Å². The normalized spacial score (nSPS) is 10.5. The Kier molecular flexibility index (Phi) is 4.31. The van der Waals surface area contributed by atoms with Gasteiger partial charge in [0.05, 0.1) is 6.61 Å². The van der Waals surface area contributed by atoms with E-state index in [9.17, 15) is 4.79 Å². The molecule has 0 heterocycles. The number of amides is 1. The van der Waals surface area contributed by atoms with E-state index < -0.39 is 5.91 Å². The predicted molar refractivity (Wildman–Crippen MR) is 63.2 cm³/mol. The van der Waals surface area contributed by atoms with Crippen LogP contribution in [0.3, 0.4) is 0 Å². The number of hydrogen-bond donors (Lipinski definition) is 2. The second kappa shape index (κ2) is 5.51. The number of carbonyl (C=O) groups is 1.